The molecular weight excluding hydrogens is 304 g/mol. The highest BCUT2D eigenvalue weighted by molar-refractivity contribution is 6.30. The summed E-state index contributed by atoms with van der Waals surface area (Å²) in [6, 6.07) is 7.56. The number of rotatable bonds is 5. The zero-order valence-electron chi connectivity index (χ0n) is 11.8. The van der Waals surface area contributed by atoms with Crippen LogP contribution in [-0.2, 0) is 6.54 Å². The van der Waals surface area contributed by atoms with Crippen molar-refractivity contribution >= 4 is 17.5 Å². The summed E-state index contributed by atoms with van der Waals surface area (Å²) in [5.74, 6) is 1.29. The van der Waals surface area contributed by atoms with Crippen molar-refractivity contribution in [1.29, 1.82) is 0 Å². The number of ether oxygens (including phenoxy) is 1. The molecule has 2 heterocycles. The van der Waals surface area contributed by atoms with E-state index in [4.69, 9.17) is 16.3 Å². The van der Waals surface area contributed by atoms with Crippen LogP contribution in [0.3, 0.4) is 0 Å². The Balaban J connectivity index is 1.66. The summed E-state index contributed by atoms with van der Waals surface area (Å²) in [4.78, 5) is 8.11. The molecule has 1 N–H and O–H groups in total. The van der Waals surface area contributed by atoms with Gasteiger partial charge in [0, 0.05) is 0 Å². The number of aromatic nitrogens is 5. The summed E-state index contributed by atoms with van der Waals surface area (Å²) >= 11 is 5.73. The Morgan fingerprint density at radius 1 is 1.18 bits per heavy atom. The maximum atomic E-state index is 5.73. The van der Waals surface area contributed by atoms with E-state index in [0.717, 1.165) is 17.1 Å². The van der Waals surface area contributed by atoms with Crippen molar-refractivity contribution in [3.63, 3.8) is 0 Å². The average molecular weight is 317 g/mol. The number of benzene rings is 1. The number of hydrogen-bond donors (Lipinski definition) is 1. The van der Waals surface area contributed by atoms with Crippen LogP contribution in [0.1, 0.15) is 5.69 Å². The minimum absolute atomic E-state index is 0.470. The lowest BCUT2D eigenvalue weighted by atomic mass is 10.3. The molecule has 8 heteroatoms. The molecule has 7 nitrogen and oxygen atoms in total. The molecule has 112 valence electrons. The van der Waals surface area contributed by atoms with Gasteiger partial charge in [0.1, 0.15) is 11.4 Å². The zero-order chi connectivity index (χ0) is 15.4. The Hall–Kier alpha value is -2.67. The van der Waals surface area contributed by atoms with E-state index in [1.54, 1.807) is 11.8 Å². The molecule has 3 rings (SSSR count). The van der Waals surface area contributed by atoms with Crippen LogP contribution >= 0.6 is 11.6 Å². The monoisotopic (exact) mass is 316 g/mol. The lowest BCUT2D eigenvalue weighted by Gasteiger charge is -2.02. The molecule has 0 aliphatic rings. The largest absolute Gasteiger partial charge is 0.497 e. The molecule has 3 aromatic rings. The molecule has 22 heavy (non-hydrogen) atoms. The van der Waals surface area contributed by atoms with Gasteiger partial charge in [0.25, 0.3) is 0 Å². The highest BCUT2D eigenvalue weighted by atomic mass is 35.5. The average Bonchev–Trinajstić information content (AvgIpc) is 3.03. The van der Waals surface area contributed by atoms with E-state index in [1.165, 1.54) is 12.4 Å². The maximum absolute atomic E-state index is 5.73. The fourth-order valence-corrected chi connectivity index (χ4v) is 1.91. The van der Waals surface area contributed by atoms with E-state index in [1.807, 2.05) is 30.5 Å². The third kappa shape index (κ3) is 3.32. The van der Waals surface area contributed by atoms with Gasteiger partial charge < -0.3 is 10.1 Å². The van der Waals surface area contributed by atoms with Gasteiger partial charge in [0.2, 0.25) is 5.95 Å². The summed E-state index contributed by atoms with van der Waals surface area (Å²) in [7, 11) is 1.63. The quantitative estimate of drug-likeness (QED) is 0.778. The summed E-state index contributed by atoms with van der Waals surface area (Å²) in [6.45, 7) is 0.470. The Bertz CT molecular complexity index is 741. The molecule has 0 spiro atoms. The van der Waals surface area contributed by atoms with E-state index < -0.39 is 0 Å². The lowest BCUT2D eigenvalue weighted by Crippen LogP contribution is -2.03. The molecule has 2 aromatic heterocycles. The Morgan fingerprint density at radius 2 is 1.91 bits per heavy atom. The number of methoxy groups -OCH3 is 1. The highest BCUT2D eigenvalue weighted by Crippen LogP contribution is 2.14. The van der Waals surface area contributed by atoms with Crippen LogP contribution in [0.25, 0.3) is 5.69 Å². The second-order valence-corrected chi connectivity index (χ2v) is 4.87. The van der Waals surface area contributed by atoms with E-state index in [-0.39, 0.29) is 0 Å². The van der Waals surface area contributed by atoms with E-state index in [9.17, 15) is 0 Å². The first-order valence-corrected chi connectivity index (χ1v) is 6.89. The van der Waals surface area contributed by atoms with Crippen molar-refractivity contribution in [2.24, 2.45) is 0 Å². The van der Waals surface area contributed by atoms with Gasteiger partial charge in [-0.2, -0.15) is 0 Å². The molecule has 0 saturated carbocycles. The fourth-order valence-electron chi connectivity index (χ4n) is 1.81. The second-order valence-electron chi connectivity index (χ2n) is 4.43. The Kier molecular flexibility index (Phi) is 4.15. The first kappa shape index (κ1) is 14.3. The van der Waals surface area contributed by atoms with Crippen molar-refractivity contribution < 1.29 is 4.74 Å². The first-order valence-electron chi connectivity index (χ1n) is 6.51. The summed E-state index contributed by atoms with van der Waals surface area (Å²) in [6.07, 6.45) is 4.90. The third-order valence-corrected chi connectivity index (χ3v) is 3.12. The molecular formula is C14H13ClN6O. The Labute approximate surface area is 131 Å². The molecule has 0 saturated heterocycles. The van der Waals surface area contributed by atoms with Gasteiger partial charge in [-0.3, -0.25) is 0 Å². The predicted octanol–water partition coefficient (Wildman–Crippen LogP) is 2.33. The van der Waals surface area contributed by atoms with Crippen molar-refractivity contribution in [1.82, 2.24) is 25.0 Å². The van der Waals surface area contributed by atoms with Crippen molar-refractivity contribution in [2.45, 2.75) is 6.54 Å². The van der Waals surface area contributed by atoms with Gasteiger partial charge >= 0.3 is 0 Å². The minimum Gasteiger partial charge on any atom is -0.497 e. The van der Waals surface area contributed by atoms with E-state index in [0.29, 0.717) is 17.5 Å². The van der Waals surface area contributed by atoms with E-state index >= 15 is 0 Å². The van der Waals surface area contributed by atoms with Gasteiger partial charge in [-0.25, -0.2) is 14.6 Å². The molecule has 0 bridgehead atoms. The van der Waals surface area contributed by atoms with Crippen LogP contribution < -0.4 is 10.1 Å². The number of nitrogens with zero attached hydrogens (tertiary/aromatic N) is 5. The Morgan fingerprint density at radius 3 is 2.59 bits per heavy atom. The van der Waals surface area contributed by atoms with Crippen molar-refractivity contribution in [3.05, 3.63) is 53.6 Å². The maximum Gasteiger partial charge on any atom is 0.223 e. The van der Waals surface area contributed by atoms with Gasteiger partial charge in [-0.05, 0) is 24.3 Å². The highest BCUT2D eigenvalue weighted by Gasteiger charge is 2.04. The van der Waals surface area contributed by atoms with E-state index in [2.05, 4.69) is 25.6 Å². The van der Waals surface area contributed by atoms with Gasteiger partial charge in [-0.1, -0.05) is 16.8 Å². The zero-order valence-corrected chi connectivity index (χ0v) is 12.5. The minimum atomic E-state index is 0.470. The van der Waals surface area contributed by atoms with Gasteiger partial charge in [0.15, 0.2) is 0 Å². The van der Waals surface area contributed by atoms with Crippen LogP contribution in [-0.4, -0.2) is 32.1 Å². The molecule has 0 aliphatic heterocycles. The summed E-state index contributed by atoms with van der Waals surface area (Å²) in [5.41, 5.74) is 1.68. The number of nitrogens with one attached hydrogen (secondary N) is 1. The van der Waals surface area contributed by atoms with Gasteiger partial charge in [0.05, 0.1) is 43.0 Å². The van der Waals surface area contributed by atoms with Crippen molar-refractivity contribution in [2.75, 3.05) is 12.4 Å². The van der Waals surface area contributed by atoms with Crippen LogP contribution in [0.2, 0.25) is 5.02 Å². The van der Waals surface area contributed by atoms with Crippen LogP contribution in [0.15, 0.2) is 42.9 Å². The summed E-state index contributed by atoms with van der Waals surface area (Å²) in [5, 5.41) is 11.7. The fraction of sp³-hybridized carbons (Fsp3) is 0.143. The van der Waals surface area contributed by atoms with Crippen LogP contribution in [0.4, 0.5) is 5.95 Å². The predicted molar refractivity (Wildman–Crippen MR) is 82.3 cm³/mol. The normalized spacial score (nSPS) is 10.5. The number of hydrogen-bond acceptors (Lipinski definition) is 6. The topological polar surface area (TPSA) is 77.8 Å². The molecule has 0 atom stereocenters. The smallest absolute Gasteiger partial charge is 0.223 e. The molecule has 0 amide bonds. The first-order chi connectivity index (χ1) is 10.7. The summed E-state index contributed by atoms with van der Waals surface area (Å²) < 4.78 is 6.82. The number of halogens is 1. The SMILES string of the molecule is COc1ccc(-n2cc(CNc3ncc(Cl)cn3)nn2)cc1. The third-order valence-electron chi connectivity index (χ3n) is 2.93. The molecule has 0 fully saturated rings. The number of anilines is 1. The van der Waals surface area contributed by atoms with Gasteiger partial charge in [-0.15, -0.1) is 5.10 Å². The molecule has 0 aliphatic carbocycles. The lowest BCUT2D eigenvalue weighted by molar-refractivity contribution is 0.414. The van der Waals surface area contributed by atoms with Crippen molar-refractivity contribution in [3.8, 4) is 11.4 Å². The molecule has 1 aromatic carbocycles. The molecule has 0 radical (unpaired) electrons. The molecule has 0 unspecified atom stereocenters. The van der Waals surface area contributed by atoms with Crippen LogP contribution in [0, 0.1) is 0 Å². The second kappa shape index (κ2) is 6.40. The van der Waals surface area contributed by atoms with Crippen LogP contribution in [0.5, 0.6) is 5.75 Å². The standard InChI is InChI=1S/C14H13ClN6O/c1-22-13-4-2-12(3-5-13)21-9-11(19-20-21)8-18-14-16-6-10(15)7-17-14/h2-7,9H,8H2,1H3,(H,16,17,18).